The van der Waals surface area contributed by atoms with Crippen LogP contribution >= 0.6 is 0 Å². The number of nitrogens with zero attached hydrogens (tertiary/aromatic N) is 3. The number of hydrogen-bond acceptors (Lipinski definition) is 5. The predicted molar refractivity (Wildman–Crippen MR) is 56.8 cm³/mol. The van der Waals surface area contributed by atoms with E-state index in [0.717, 1.165) is 25.2 Å². The molecule has 0 spiro atoms. The van der Waals surface area contributed by atoms with E-state index in [2.05, 4.69) is 15.0 Å². The number of aliphatic hydroxyl groups excluding tert-OH is 1. The number of likely N-dealkylation sites (tertiary alicyclic amines) is 1. The number of aromatic nitrogens is 2. The molecule has 2 fully saturated rings. The molecule has 88 valence electrons. The molecule has 1 aliphatic heterocycles. The molecule has 3 rings (SSSR count). The summed E-state index contributed by atoms with van der Waals surface area (Å²) in [6.45, 7) is 1.93. The Kier molecular flexibility index (Phi) is 2.65. The van der Waals surface area contributed by atoms with Crippen molar-refractivity contribution >= 4 is 0 Å². The van der Waals surface area contributed by atoms with Crippen molar-refractivity contribution in [1.29, 1.82) is 0 Å². The van der Waals surface area contributed by atoms with Crippen LogP contribution in [-0.4, -0.2) is 39.3 Å². The zero-order valence-electron chi connectivity index (χ0n) is 9.30. The van der Waals surface area contributed by atoms with Gasteiger partial charge in [0.25, 0.3) is 0 Å². The van der Waals surface area contributed by atoms with Gasteiger partial charge in [0.15, 0.2) is 5.82 Å². The van der Waals surface area contributed by atoms with Crippen LogP contribution in [0.2, 0.25) is 0 Å². The molecule has 1 unspecified atom stereocenters. The molecular weight excluding hydrogens is 206 g/mol. The predicted octanol–water partition coefficient (Wildman–Crippen LogP) is 0.904. The fourth-order valence-electron chi connectivity index (χ4n) is 2.32. The van der Waals surface area contributed by atoms with Crippen molar-refractivity contribution in [1.82, 2.24) is 15.0 Å². The van der Waals surface area contributed by atoms with Crippen molar-refractivity contribution in [3.8, 4) is 0 Å². The quantitative estimate of drug-likeness (QED) is 0.821. The van der Waals surface area contributed by atoms with Gasteiger partial charge in [-0.25, -0.2) is 0 Å². The maximum atomic E-state index is 9.21. The zero-order valence-corrected chi connectivity index (χ0v) is 9.30. The second-order valence-corrected chi connectivity index (χ2v) is 4.77. The highest BCUT2D eigenvalue weighted by Crippen LogP contribution is 2.38. The lowest BCUT2D eigenvalue weighted by Crippen LogP contribution is -2.31. The van der Waals surface area contributed by atoms with Crippen molar-refractivity contribution < 1.29 is 9.63 Å². The first-order valence-corrected chi connectivity index (χ1v) is 6.04. The van der Waals surface area contributed by atoms with Crippen LogP contribution in [0.4, 0.5) is 0 Å². The van der Waals surface area contributed by atoms with E-state index in [-0.39, 0.29) is 12.6 Å². The third-order valence-corrected chi connectivity index (χ3v) is 3.47. The van der Waals surface area contributed by atoms with Crippen LogP contribution in [0.25, 0.3) is 0 Å². The molecule has 0 bridgehead atoms. The third kappa shape index (κ3) is 1.97. The molecule has 2 heterocycles. The van der Waals surface area contributed by atoms with Crippen LogP contribution in [-0.2, 0) is 6.54 Å². The van der Waals surface area contributed by atoms with Gasteiger partial charge in [-0.2, -0.15) is 4.98 Å². The van der Waals surface area contributed by atoms with Gasteiger partial charge in [0.2, 0.25) is 5.89 Å². The Morgan fingerprint density at radius 3 is 3.00 bits per heavy atom. The Balaban J connectivity index is 1.63. The molecule has 1 N–H and O–H groups in total. The lowest BCUT2D eigenvalue weighted by Gasteiger charge is -2.20. The van der Waals surface area contributed by atoms with Crippen molar-refractivity contribution in [2.45, 2.75) is 44.2 Å². The molecule has 5 nitrogen and oxygen atoms in total. The first kappa shape index (κ1) is 10.2. The number of aliphatic hydroxyl groups is 1. The maximum Gasteiger partial charge on any atom is 0.240 e. The summed E-state index contributed by atoms with van der Waals surface area (Å²) in [6, 6.07) is 0.274. The van der Waals surface area contributed by atoms with Crippen molar-refractivity contribution in [3.63, 3.8) is 0 Å². The molecule has 1 aromatic heterocycles. The number of hydrogen-bond donors (Lipinski definition) is 1. The molecule has 1 saturated heterocycles. The summed E-state index contributed by atoms with van der Waals surface area (Å²) in [7, 11) is 0. The van der Waals surface area contributed by atoms with Crippen LogP contribution in [0.15, 0.2) is 4.52 Å². The maximum absolute atomic E-state index is 9.21. The standard InChI is InChI=1S/C11H17N3O2/c15-7-9-2-1-5-14(9)6-10-12-11(13-16-10)8-3-4-8/h8-9,15H,1-7H2. The second kappa shape index (κ2) is 4.14. The van der Waals surface area contributed by atoms with Gasteiger partial charge in [0.05, 0.1) is 13.2 Å². The van der Waals surface area contributed by atoms with Gasteiger partial charge in [-0.05, 0) is 32.2 Å². The third-order valence-electron chi connectivity index (χ3n) is 3.47. The lowest BCUT2D eigenvalue weighted by atomic mass is 10.2. The number of rotatable bonds is 4. The molecule has 0 radical (unpaired) electrons. The molecule has 1 saturated carbocycles. The van der Waals surface area contributed by atoms with Gasteiger partial charge in [-0.3, -0.25) is 4.90 Å². The molecule has 1 atom stereocenters. The fourth-order valence-corrected chi connectivity index (χ4v) is 2.32. The van der Waals surface area contributed by atoms with Gasteiger partial charge in [0, 0.05) is 12.0 Å². The molecular formula is C11H17N3O2. The Labute approximate surface area is 94.4 Å². The van der Waals surface area contributed by atoms with Crippen molar-refractivity contribution in [2.75, 3.05) is 13.2 Å². The average molecular weight is 223 g/mol. The highest BCUT2D eigenvalue weighted by molar-refractivity contribution is 5.03. The zero-order chi connectivity index (χ0) is 11.0. The van der Waals surface area contributed by atoms with E-state index in [0.29, 0.717) is 18.4 Å². The Morgan fingerprint density at radius 2 is 2.25 bits per heavy atom. The minimum atomic E-state index is 0.226. The van der Waals surface area contributed by atoms with Crippen molar-refractivity contribution in [3.05, 3.63) is 11.7 Å². The Morgan fingerprint density at radius 1 is 1.38 bits per heavy atom. The van der Waals surface area contributed by atoms with Crippen molar-refractivity contribution in [2.24, 2.45) is 0 Å². The van der Waals surface area contributed by atoms with E-state index in [1.807, 2.05) is 0 Å². The van der Waals surface area contributed by atoms with Crippen LogP contribution in [0.5, 0.6) is 0 Å². The van der Waals surface area contributed by atoms with E-state index in [1.165, 1.54) is 12.8 Å². The van der Waals surface area contributed by atoms with Gasteiger partial charge in [-0.1, -0.05) is 5.16 Å². The van der Waals surface area contributed by atoms with Crippen LogP contribution in [0.1, 0.15) is 43.3 Å². The summed E-state index contributed by atoms with van der Waals surface area (Å²) >= 11 is 0. The minimum absolute atomic E-state index is 0.226. The van der Waals surface area contributed by atoms with Gasteiger partial charge < -0.3 is 9.63 Å². The van der Waals surface area contributed by atoms with E-state index >= 15 is 0 Å². The van der Waals surface area contributed by atoms with E-state index in [9.17, 15) is 5.11 Å². The molecule has 1 aromatic rings. The molecule has 16 heavy (non-hydrogen) atoms. The van der Waals surface area contributed by atoms with Gasteiger partial charge >= 0.3 is 0 Å². The average Bonchev–Trinajstić information content (AvgIpc) is 2.88. The highest BCUT2D eigenvalue weighted by Gasteiger charge is 2.30. The van der Waals surface area contributed by atoms with Crippen LogP contribution in [0.3, 0.4) is 0 Å². The summed E-state index contributed by atoms with van der Waals surface area (Å²) in [5, 5.41) is 13.2. The molecule has 1 aliphatic carbocycles. The normalized spacial score (nSPS) is 26.4. The van der Waals surface area contributed by atoms with Gasteiger partial charge in [-0.15, -0.1) is 0 Å². The Bertz CT molecular complexity index is 362. The second-order valence-electron chi connectivity index (χ2n) is 4.77. The smallest absolute Gasteiger partial charge is 0.240 e. The van der Waals surface area contributed by atoms with E-state index < -0.39 is 0 Å². The van der Waals surface area contributed by atoms with Crippen LogP contribution in [0, 0.1) is 0 Å². The summed E-state index contributed by atoms with van der Waals surface area (Å²) in [6.07, 6.45) is 4.61. The summed E-state index contributed by atoms with van der Waals surface area (Å²) in [4.78, 5) is 6.63. The molecule has 0 aromatic carbocycles. The monoisotopic (exact) mass is 223 g/mol. The first-order valence-electron chi connectivity index (χ1n) is 6.04. The largest absolute Gasteiger partial charge is 0.395 e. The molecule has 2 aliphatic rings. The lowest BCUT2D eigenvalue weighted by molar-refractivity contribution is 0.141. The summed E-state index contributed by atoms with van der Waals surface area (Å²) in [5.41, 5.74) is 0. The van der Waals surface area contributed by atoms with Crippen LogP contribution < -0.4 is 0 Å². The summed E-state index contributed by atoms with van der Waals surface area (Å²) in [5.74, 6) is 2.11. The van der Waals surface area contributed by atoms with E-state index in [4.69, 9.17) is 4.52 Å². The summed E-state index contributed by atoms with van der Waals surface area (Å²) < 4.78 is 5.24. The molecule has 5 heteroatoms. The van der Waals surface area contributed by atoms with Gasteiger partial charge in [0.1, 0.15) is 0 Å². The van der Waals surface area contributed by atoms with E-state index in [1.54, 1.807) is 0 Å². The molecule has 0 amide bonds. The Hall–Kier alpha value is -0.940. The SMILES string of the molecule is OCC1CCCN1Cc1nc(C2CC2)no1. The fraction of sp³-hybridized carbons (Fsp3) is 0.818. The minimum Gasteiger partial charge on any atom is -0.395 e. The highest BCUT2D eigenvalue weighted by atomic mass is 16.5. The first-order chi connectivity index (χ1) is 7.86. The topological polar surface area (TPSA) is 62.4 Å².